The predicted molar refractivity (Wildman–Crippen MR) is 66.9 cm³/mol. The average molecular weight is 274 g/mol. The second kappa shape index (κ2) is 3.80. The van der Waals surface area contributed by atoms with Crippen molar-refractivity contribution in [2.75, 3.05) is 11.5 Å². The van der Waals surface area contributed by atoms with E-state index in [0.717, 1.165) is 24.3 Å². The molecule has 1 spiro atoms. The third kappa shape index (κ3) is 1.45. The van der Waals surface area contributed by atoms with Gasteiger partial charge in [0.1, 0.15) is 17.5 Å². The van der Waals surface area contributed by atoms with E-state index in [9.17, 15) is 14.7 Å². The van der Waals surface area contributed by atoms with Crippen molar-refractivity contribution in [3.05, 3.63) is 0 Å². The Kier molecular flexibility index (Phi) is 2.61. The first-order valence-electron chi connectivity index (χ1n) is 5.63. The maximum Gasteiger partial charge on any atom is 0.327 e. The Bertz CT molecular complexity index is 384. The highest BCUT2D eigenvalue weighted by molar-refractivity contribution is 8.02. The maximum atomic E-state index is 11.7. The molecule has 0 radical (unpaired) electrons. The van der Waals surface area contributed by atoms with Crippen LogP contribution in [0.1, 0.15) is 12.8 Å². The minimum absolute atomic E-state index is 0.119. The van der Waals surface area contributed by atoms with Crippen molar-refractivity contribution in [1.82, 2.24) is 4.90 Å². The Hall–Kier alpha value is -0.400. The summed E-state index contributed by atoms with van der Waals surface area (Å²) in [5, 5.41) is 9.28. The van der Waals surface area contributed by atoms with Crippen LogP contribution < -0.4 is 5.73 Å². The molecule has 7 heteroatoms. The van der Waals surface area contributed by atoms with Gasteiger partial charge in [-0.3, -0.25) is 4.79 Å². The summed E-state index contributed by atoms with van der Waals surface area (Å²) >= 11 is 3.47. The molecule has 0 saturated carbocycles. The van der Waals surface area contributed by atoms with Crippen molar-refractivity contribution in [1.29, 1.82) is 0 Å². The van der Waals surface area contributed by atoms with Crippen molar-refractivity contribution < 1.29 is 14.7 Å². The second-order valence-electron chi connectivity index (χ2n) is 4.70. The van der Waals surface area contributed by atoms with Crippen LogP contribution in [-0.2, 0) is 9.59 Å². The number of hydrogen-bond donors (Lipinski definition) is 2. The molecule has 0 aromatic heterocycles. The van der Waals surface area contributed by atoms with E-state index in [1.54, 1.807) is 11.8 Å². The number of rotatable bonds is 1. The number of carbonyl (C=O) groups is 2. The van der Waals surface area contributed by atoms with Gasteiger partial charge in [0.25, 0.3) is 0 Å². The molecule has 3 atom stereocenters. The molecule has 3 heterocycles. The lowest BCUT2D eigenvalue weighted by atomic mass is 9.89. The zero-order chi connectivity index (χ0) is 12.2. The summed E-state index contributed by atoms with van der Waals surface area (Å²) < 4.78 is -0.300. The molecule has 1 amide bonds. The van der Waals surface area contributed by atoms with Crippen LogP contribution >= 0.6 is 23.5 Å². The van der Waals surface area contributed by atoms with Crippen LogP contribution in [0.15, 0.2) is 0 Å². The lowest BCUT2D eigenvalue weighted by molar-refractivity contribution is -0.159. The van der Waals surface area contributed by atoms with Crippen LogP contribution in [0.25, 0.3) is 0 Å². The SMILES string of the molecule is NC1C(=O)N2C(C(=O)O)C3(CCSCC3)S[C@@H]12. The maximum absolute atomic E-state index is 11.7. The van der Waals surface area contributed by atoms with E-state index >= 15 is 0 Å². The van der Waals surface area contributed by atoms with Crippen LogP contribution in [-0.4, -0.2) is 55.6 Å². The van der Waals surface area contributed by atoms with Gasteiger partial charge < -0.3 is 15.7 Å². The zero-order valence-electron chi connectivity index (χ0n) is 9.17. The van der Waals surface area contributed by atoms with Crippen LogP contribution in [0.4, 0.5) is 0 Å². The summed E-state index contributed by atoms with van der Waals surface area (Å²) in [6.07, 6.45) is 1.71. The molecule has 5 nitrogen and oxygen atoms in total. The van der Waals surface area contributed by atoms with E-state index in [0.29, 0.717) is 0 Å². The van der Waals surface area contributed by atoms with Crippen LogP contribution in [0.5, 0.6) is 0 Å². The number of hydrogen-bond acceptors (Lipinski definition) is 5. The fourth-order valence-electron chi connectivity index (χ4n) is 2.93. The third-order valence-electron chi connectivity index (χ3n) is 3.83. The van der Waals surface area contributed by atoms with Crippen molar-refractivity contribution in [3.63, 3.8) is 0 Å². The normalized spacial score (nSPS) is 39.0. The highest BCUT2D eigenvalue weighted by Gasteiger charge is 2.65. The Morgan fingerprint density at radius 2 is 2.12 bits per heavy atom. The molecule has 3 aliphatic heterocycles. The second-order valence-corrected chi connectivity index (χ2v) is 7.45. The van der Waals surface area contributed by atoms with Gasteiger partial charge in [0.2, 0.25) is 5.91 Å². The number of amides is 1. The Morgan fingerprint density at radius 3 is 2.71 bits per heavy atom. The molecular weight excluding hydrogens is 260 g/mol. The van der Waals surface area contributed by atoms with Gasteiger partial charge in [0.15, 0.2) is 0 Å². The van der Waals surface area contributed by atoms with E-state index in [1.165, 1.54) is 4.90 Å². The van der Waals surface area contributed by atoms with E-state index < -0.39 is 18.1 Å². The molecule has 0 aromatic carbocycles. The number of carbonyl (C=O) groups excluding carboxylic acids is 1. The fraction of sp³-hybridized carbons (Fsp3) is 0.800. The van der Waals surface area contributed by atoms with Gasteiger partial charge >= 0.3 is 5.97 Å². The average Bonchev–Trinajstić information content (AvgIpc) is 2.62. The summed E-state index contributed by atoms with van der Waals surface area (Å²) in [6.45, 7) is 0. The summed E-state index contributed by atoms with van der Waals surface area (Å²) in [5.41, 5.74) is 5.75. The van der Waals surface area contributed by atoms with Gasteiger partial charge in [-0.1, -0.05) is 0 Å². The zero-order valence-corrected chi connectivity index (χ0v) is 10.8. The van der Waals surface area contributed by atoms with Crippen molar-refractivity contribution in [3.8, 4) is 0 Å². The first-order valence-corrected chi connectivity index (χ1v) is 7.66. The fourth-order valence-corrected chi connectivity index (χ4v) is 6.27. The van der Waals surface area contributed by atoms with Crippen molar-refractivity contribution in [2.24, 2.45) is 5.73 Å². The van der Waals surface area contributed by atoms with E-state index in [-0.39, 0.29) is 16.0 Å². The van der Waals surface area contributed by atoms with Crippen LogP contribution in [0, 0.1) is 0 Å². The van der Waals surface area contributed by atoms with Crippen LogP contribution in [0.3, 0.4) is 0 Å². The molecule has 0 bridgehead atoms. The number of carboxylic acid groups (broad SMARTS) is 1. The number of β-lactam (4-membered cyclic amide) rings is 1. The number of carboxylic acids is 1. The Labute approximate surface area is 107 Å². The quantitative estimate of drug-likeness (QED) is 0.652. The van der Waals surface area contributed by atoms with Gasteiger partial charge in [0.05, 0.1) is 4.75 Å². The van der Waals surface area contributed by atoms with Gasteiger partial charge in [-0.2, -0.15) is 11.8 Å². The largest absolute Gasteiger partial charge is 0.480 e. The van der Waals surface area contributed by atoms with Gasteiger partial charge in [0, 0.05) is 0 Å². The van der Waals surface area contributed by atoms with Crippen molar-refractivity contribution >= 4 is 35.4 Å². The number of fused-ring (bicyclic) bond motifs is 1. The highest BCUT2D eigenvalue weighted by atomic mass is 32.2. The molecule has 3 rings (SSSR count). The molecule has 0 aliphatic carbocycles. The Morgan fingerprint density at radius 1 is 1.47 bits per heavy atom. The summed E-state index contributed by atoms with van der Waals surface area (Å²) in [6, 6.07) is -1.18. The van der Waals surface area contributed by atoms with E-state index in [2.05, 4.69) is 0 Å². The van der Waals surface area contributed by atoms with Gasteiger partial charge in [-0.05, 0) is 24.3 Å². The first kappa shape index (κ1) is 11.7. The number of nitrogens with zero attached hydrogens (tertiary/aromatic N) is 1. The summed E-state index contributed by atoms with van der Waals surface area (Å²) in [7, 11) is 0. The van der Waals surface area contributed by atoms with Crippen molar-refractivity contribution in [2.45, 2.75) is 35.0 Å². The number of thioether (sulfide) groups is 2. The topological polar surface area (TPSA) is 83.6 Å². The Balaban J connectivity index is 1.94. The highest BCUT2D eigenvalue weighted by Crippen LogP contribution is 2.55. The van der Waals surface area contributed by atoms with Gasteiger partial charge in [-0.15, -0.1) is 11.8 Å². The van der Waals surface area contributed by atoms with E-state index in [1.807, 2.05) is 11.8 Å². The molecule has 2 unspecified atom stereocenters. The molecule has 17 heavy (non-hydrogen) atoms. The summed E-state index contributed by atoms with van der Waals surface area (Å²) in [5.74, 6) is 0.860. The van der Waals surface area contributed by atoms with Gasteiger partial charge in [-0.25, -0.2) is 4.79 Å². The molecule has 3 fully saturated rings. The lowest BCUT2D eigenvalue weighted by Gasteiger charge is -2.42. The summed E-state index contributed by atoms with van der Waals surface area (Å²) in [4.78, 5) is 24.7. The molecule has 3 N–H and O–H groups in total. The van der Waals surface area contributed by atoms with Crippen LogP contribution in [0.2, 0.25) is 0 Å². The minimum Gasteiger partial charge on any atom is -0.480 e. The number of nitrogens with two attached hydrogens (primary N) is 1. The predicted octanol–water partition coefficient (Wildman–Crippen LogP) is -0.0522. The number of aliphatic carboxylic acids is 1. The molecular formula is C10H14N2O3S2. The third-order valence-corrected chi connectivity index (χ3v) is 6.67. The smallest absolute Gasteiger partial charge is 0.327 e. The first-order chi connectivity index (χ1) is 8.07. The molecule has 3 aliphatic rings. The molecule has 94 valence electrons. The minimum atomic E-state index is -0.882. The monoisotopic (exact) mass is 274 g/mol. The lowest BCUT2D eigenvalue weighted by Crippen LogP contribution is -2.69. The standard InChI is InChI=1S/C10H14N2O3S2/c11-5-7(13)12-6(9(14)15)10(17-8(5)12)1-3-16-4-2-10/h5-6,8H,1-4,11H2,(H,14,15)/t5?,6?,8-/m0/s1. The molecule has 0 aromatic rings. The molecule has 3 saturated heterocycles. The van der Waals surface area contributed by atoms with E-state index in [4.69, 9.17) is 5.73 Å².